The molecule has 3 N–H and O–H groups in total. The van der Waals surface area contributed by atoms with E-state index < -0.39 is 0 Å². The monoisotopic (exact) mass is 349 g/mol. The van der Waals surface area contributed by atoms with Crippen molar-refractivity contribution in [2.75, 3.05) is 19.6 Å². The van der Waals surface area contributed by atoms with Crippen LogP contribution in [0.5, 0.6) is 0 Å². The highest BCUT2D eigenvalue weighted by Crippen LogP contribution is 2.30. The molecule has 134 valence electrons. The lowest BCUT2D eigenvalue weighted by atomic mass is 9.97. The maximum Gasteiger partial charge on any atom is 0.220 e. The lowest BCUT2D eigenvalue weighted by Gasteiger charge is -2.36. The van der Waals surface area contributed by atoms with Crippen LogP contribution in [0.25, 0.3) is 0 Å². The molecule has 1 aliphatic carbocycles. The van der Waals surface area contributed by atoms with Crippen LogP contribution >= 0.6 is 11.3 Å². The topological polar surface area (TPSA) is 58.4 Å². The quantitative estimate of drug-likeness (QED) is 0.829. The Hall–Kier alpha value is -0.910. The number of hydrogen-bond acceptors (Lipinski definition) is 4. The van der Waals surface area contributed by atoms with Crippen molar-refractivity contribution in [1.82, 2.24) is 10.2 Å². The summed E-state index contributed by atoms with van der Waals surface area (Å²) in [6.07, 6.45) is 6.45. The molecule has 3 atom stereocenters. The summed E-state index contributed by atoms with van der Waals surface area (Å²) in [7, 11) is 0. The van der Waals surface area contributed by atoms with Crippen molar-refractivity contribution in [1.29, 1.82) is 0 Å². The van der Waals surface area contributed by atoms with Gasteiger partial charge in [-0.3, -0.25) is 9.69 Å². The van der Waals surface area contributed by atoms with Crippen LogP contribution in [0.2, 0.25) is 0 Å². The molecule has 24 heavy (non-hydrogen) atoms. The molecule has 1 saturated carbocycles. The number of nitrogens with two attached hydrogens (primary N) is 1. The third-order valence-corrected chi connectivity index (χ3v) is 6.76. The number of nitrogens with zero attached hydrogens (tertiary/aromatic N) is 1. The summed E-state index contributed by atoms with van der Waals surface area (Å²) in [5, 5.41) is 5.33. The summed E-state index contributed by atoms with van der Waals surface area (Å²) in [6, 6.07) is 4.84. The molecule has 0 radical (unpaired) electrons. The third kappa shape index (κ3) is 4.58. The van der Waals surface area contributed by atoms with Gasteiger partial charge < -0.3 is 11.1 Å². The predicted molar refractivity (Wildman–Crippen MR) is 100.0 cm³/mol. The minimum absolute atomic E-state index is 0.171. The van der Waals surface area contributed by atoms with Crippen molar-refractivity contribution in [2.24, 2.45) is 17.6 Å². The van der Waals surface area contributed by atoms with E-state index in [9.17, 15) is 4.79 Å². The molecule has 1 unspecified atom stereocenters. The van der Waals surface area contributed by atoms with Crippen LogP contribution in [0, 0.1) is 11.8 Å². The summed E-state index contributed by atoms with van der Waals surface area (Å²) in [5.74, 6) is 1.37. The van der Waals surface area contributed by atoms with E-state index >= 15 is 0 Å². The number of rotatable bonds is 6. The highest BCUT2D eigenvalue weighted by molar-refractivity contribution is 7.10. The first kappa shape index (κ1) is 17.9. The Morgan fingerprint density at radius 2 is 2.17 bits per heavy atom. The summed E-state index contributed by atoms with van der Waals surface area (Å²) in [5.41, 5.74) is 6.10. The van der Waals surface area contributed by atoms with Crippen molar-refractivity contribution in [3.05, 3.63) is 22.4 Å². The molecule has 1 aromatic heterocycles. The van der Waals surface area contributed by atoms with E-state index in [2.05, 4.69) is 34.7 Å². The molecule has 5 heteroatoms. The molecule has 1 amide bonds. The predicted octanol–water partition coefficient (Wildman–Crippen LogP) is 3.15. The van der Waals surface area contributed by atoms with Crippen molar-refractivity contribution in [3.63, 3.8) is 0 Å². The number of carbonyl (C=O) groups excluding carboxylic acids is 1. The Labute approximate surface area is 149 Å². The molecule has 2 fully saturated rings. The Bertz CT molecular complexity index is 511. The normalized spacial score (nSPS) is 27.2. The standard InChI is InChI=1S/C19H31N3OS/c1-14-7-9-22(10-8-14)17(18-6-3-11-24-18)13-21-19(23)12-15-4-2-5-16(15)20/h3,6,11,14-17H,2,4-5,7-10,12-13,20H2,1H3,(H,21,23)/t15-,16+,17?/m0/s1. The zero-order valence-corrected chi connectivity index (χ0v) is 15.6. The molecule has 1 aromatic rings. The Kier molecular flexibility index (Phi) is 6.31. The van der Waals surface area contributed by atoms with Crippen LogP contribution in [0.3, 0.4) is 0 Å². The molecular weight excluding hydrogens is 318 g/mol. The highest BCUT2D eigenvalue weighted by atomic mass is 32.1. The summed E-state index contributed by atoms with van der Waals surface area (Å²) >= 11 is 1.80. The SMILES string of the molecule is CC1CCN(C(CNC(=O)C[C@@H]2CCC[C@H]2N)c2cccs2)CC1. The molecule has 4 nitrogen and oxygen atoms in total. The molecule has 1 aliphatic heterocycles. The van der Waals surface area contributed by atoms with Crippen molar-refractivity contribution in [3.8, 4) is 0 Å². The number of likely N-dealkylation sites (tertiary alicyclic amines) is 1. The Balaban J connectivity index is 1.55. The van der Waals surface area contributed by atoms with E-state index in [0.29, 0.717) is 18.4 Å². The first-order valence-electron chi connectivity index (χ1n) is 9.43. The maximum absolute atomic E-state index is 12.4. The second-order valence-electron chi connectivity index (χ2n) is 7.61. The summed E-state index contributed by atoms with van der Waals surface area (Å²) in [6.45, 7) is 5.32. The van der Waals surface area contributed by atoms with Crippen molar-refractivity contribution < 1.29 is 4.79 Å². The van der Waals surface area contributed by atoms with Crippen LogP contribution < -0.4 is 11.1 Å². The molecule has 0 aromatic carbocycles. The number of thiophene rings is 1. The summed E-state index contributed by atoms with van der Waals surface area (Å²) < 4.78 is 0. The lowest BCUT2D eigenvalue weighted by molar-refractivity contribution is -0.122. The maximum atomic E-state index is 12.4. The molecule has 1 saturated heterocycles. The number of hydrogen-bond donors (Lipinski definition) is 2. The van der Waals surface area contributed by atoms with E-state index in [4.69, 9.17) is 5.73 Å². The van der Waals surface area contributed by atoms with E-state index in [1.54, 1.807) is 11.3 Å². The smallest absolute Gasteiger partial charge is 0.220 e. The molecule has 0 bridgehead atoms. The van der Waals surface area contributed by atoms with E-state index in [-0.39, 0.29) is 11.9 Å². The van der Waals surface area contributed by atoms with Crippen LogP contribution in [-0.4, -0.2) is 36.5 Å². The second kappa shape index (κ2) is 8.45. The number of piperidine rings is 1. The van der Waals surface area contributed by atoms with Gasteiger partial charge in [0.15, 0.2) is 0 Å². The molecular formula is C19H31N3OS. The zero-order valence-electron chi connectivity index (χ0n) is 14.7. The average molecular weight is 350 g/mol. The number of amides is 1. The van der Waals surface area contributed by atoms with Crippen LogP contribution in [0.15, 0.2) is 17.5 Å². The van der Waals surface area contributed by atoms with Crippen molar-refractivity contribution in [2.45, 2.75) is 57.5 Å². The van der Waals surface area contributed by atoms with Gasteiger partial charge in [0.25, 0.3) is 0 Å². The number of carbonyl (C=O) groups is 1. The van der Waals surface area contributed by atoms with Gasteiger partial charge in [-0.2, -0.15) is 0 Å². The largest absolute Gasteiger partial charge is 0.354 e. The van der Waals surface area contributed by atoms with Gasteiger partial charge in [0.2, 0.25) is 5.91 Å². The minimum Gasteiger partial charge on any atom is -0.354 e. The van der Waals surface area contributed by atoms with Crippen LogP contribution in [0.1, 0.15) is 56.4 Å². The van der Waals surface area contributed by atoms with Gasteiger partial charge in [0, 0.05) is 23.9 Å². The van der Waals surface area contributed by atoms with Gasteiger partial charge in [-0.25, -0.2) is 0 Å². The first-order chi connectivity index (χ1) is 11.6. The fourth-order valence-corrected chi connectivity index (χ4v) is 4.93. The van der Waals surface area contributed by atoms with Gasteiger partial charge in [-0.1, -0.05) is 19.4 Å². The molecule has 2 heterocycles. The Morgan fingerprint density at radius 3 is 2.79 bits per heavy atom. The van der Waals surface area contributed by atoms with E-state index in [1.165, 1.54) is 24.1 Å². The van der Waals surface area contributed by atoms with Gasteiger partial charge >= 0.3 is 0 Å². The number of nitrogens with one attached hydrogen (secondary N) is 1. The summed E-state index contributed by atoms with van der Waals surface area (Å²) in [4.78, 5) is 16.3. The van der Waals surface area contributed by atoms with Crippen LogP contribution in [-0.2, 0) is 4.79 Å². The van der Waals surface area contributed by atoms with E-state index in [0.717, 1.165) is 38.4 Å². The first-order valence-corrected chi connectivity index (χ1v) is 10.3. The fraction of sp³-hybridized carbons (Fsp3) is 0.737. The molecule has 0 spiro atoms. The Morgan fingerprint density at radius 1 is 1.38 bits per heavy atom. The van der Waals surface area contributed by atoms with Crippen LogP contribution in [0.4, 0.5) is 0 Å². The van der Waals surface area contributed by atoms with Gasteiger partial charge in [-0.15, -0.1) is 11.3 Å². The van der Waals surface area contributed by atoms with E-state index in [1.807, 2.05) is 0 Å². The molecule has 2 aliphatic rings. The van der Waals surface area contributed by atoms with Crippen molar-refractivity contribution >= 4 is 17.2 Å². The minimum atomic E-state index is 0.171. The highest BCUT2D eigenvalue weighted by Gasteiger charge is 2.28. The average Bonchev–Trinajstić information content (AvgIpc) is 3.22. The van der Waals surface area contributed by atoms with Gasteiger partial charge in [0.05, 0.1) is 6.04 Å². The van der Waals surface area contributed by atoms with Gasteiger partial charge in [0.1, 0.15) is 0 Å². The second-order valence-corrected chi connectivity index (χ2v) is 8.59. The third-order valence-electron chi connectivity index (χ3n) is 5.79. The van der Waals surface area contributed by atoms with Gasteiger partial charge in [-0.05, 0) is 62.1 Å². The fourth-order valence-electron chi connectivity index (χ4n) is 4.07. The lowest BCUT2D eigenvalue weighted by Crippen LogP contribution is -2.42. The zero-order chi connectivity index (χ0) is 16.9. The molecule has 3 rings (SSSR count).